The quantitative estimate of drug-likeness (QED) is 0.807. The number of nitrogens with zero attached hydrogens (tertiary/aromatic N) is 3. The van der Waals surface area contributed by atoms with Crippen LogP contribution in [0, 0.1) is 6.92 Å². The van der Waals surface area contributed by atoms with E-state index in [4.69, 9.17) is 9.47 Å². The molecule has 0 radical (unpaired) electrons. The summed E-state index contributed by atoms with van der Waals surface area (Å²) in [5, 5.41) is 2.80. The van der Waals surface area contributed by atoms with Gasteiger partial charge in [0.05, 0.1) is 6.61 Å². The number of piperidine rings is 1. The van der Waals surface area contributed by atoms with Gasteiger partial charge in [-0.2, -0.15) is 4.98 Å². The van der Waals surface area contributed by atoms with E-state index >= 15 is 0 Å². The average Bonchev–Trinajstić information content (AvgIpc) is 2.68. The number of rotatable bonds is 7. The van der Waals surface area contributed by atoms with Gasteiger partial charge in [-0.3, -0.25) is 4.79 Å². The number of aryl methyl sites for hydroxylation is 1. The van der Waals surface area contributed by atoms with E-state index in [-0.39, 0.29) is 12.5 Å². The van der Waals surface area contributed by atoms with Crippen molar-refractivity contribution in [2.24, 2.45) is 0 Å². The minimum absolute atomic E-state index is 0.108. The van der Waals surface area contributed by atoms with Crippen LogP contribution >= 0.6 is 0 Å². The fourth-order valence-electron chi connectivity index (χ4n) is 2.97. The van der Waals surface area contributed by atoms with Crippen LogP contribution < -0.4 is 19.7 Å². The molecule has 1 aliphatic heterocycles. The van der Waals surface area contributed by atoms with Crippen LogP contribution in [0.25, 0.3) is 0 Å². The number of benzene rings is 1. The summed E-state index contributed by atoms with van der Waals surface area (Å²) in [6.07, 6.45) is 3.55. The molecule has 2 aromatic rings. The van der Waals surface area contributed by atoms with Crippen molar-refractivity contribution in [2.45, 2.75) is 33.1 Å². The van der Waals surface area contributed by atoms with Crippen LogP contribution in [0.1, 0.15) is 31.9 Å². The van der Waals surface area contributed by atoms with Gasteiger partial charge in [0.25, 0.3) is 5.91 Å². The molecule has 1 amide bonds. The molecule has 7 nitrogen and oxygen atoms in total. The Balaban J connectivity index is 1.55. The van der Waals surface area contributed by atoms with E-state index in [2.05, 4.69) is 20.2 Å². The number of nitrogens with one attached hydrogen (secondary N) is 1. The molecule has 0 saturated carbocycles. The van der Waals surface area contributed by atoms with Crippen molar-refractivity contribution in [1.82, 2.24) is 9.97 Å². The van der Waals surface area contributed by atoms with Crippen molar-refractivity contribution in [3.05, 3.63) is 36.0 Å². The summed E-state index contributed by atoms with van der Waals surface area (Å²) in [5.74, 6) is 1.63. The molecule has 3 rings (SSSR count). The number of hydrogen-bond acceptors (Lipinski definition) is 6. The normalized spacial score (nSPS) is 13.9. The highest BCUT2D eigenvalue weighted by molar-refractivity contribution is 5.91. The molecule has 7 heteroatoms. The van der Waals surface area contributed by atoms with Crippen LogP contribution in [-0.2, 0) is 4.79 Å². The van der Waals surface area contributed by atoms with Crippen LogP contribution in [0.2, 0.25) is 0 Å². The summed E-state index contributed by atoms with van der Waals surface area (Å²) in [6, 6.07) is 8.98. The SMILES string of the molecule is CCOc1ccc(NC(=O)COc2cc(C)nc(N3CCCCC3)n2)cc1. The lowest BCUT2D eigenvalue weighted by Gasteiger charge is -2.26. The second-order valence-corrected chi connectivity index (χ2v) is 6.49. The predicted molar refractivity (Wildman–Crippen MR) is 105 cm³/mol. The van der Waals surface area contributed by atoms with E-state index in [1.54, 1.807) is 18.2 Å². The molecule has 0 aliphatic carbocycles. The summed E-state index contributed by atoms with van der Waals surface area (Å²) in [4.78, 5) is 23.3. The van der Waals surface area contributed by atoms with E-state index in [9.17, 15) is 4.79 Å². The molecule has 144 valence electrons. The second kappa shape index (κ2) is 9.21. The molecule has 2 heterocycles. The molecule has 1 fully saturated rings. The van der Waals surface area contributed by atoms with Crippen molar-refractivity contribution in [1.29, 1.82) is 0 Å². The molecule has 0 spiro atoms. The van der Waals surface area contributed by atoms with Gasteiger partial charge in [-0.05, 0) is 57.4 Å². The van der Waals surface area contributed by atoms with Crippen molar-refractivity contribution >= 4 is 17.5 Å². The van der Waals surface area contributed by atoms with E-state index < -0.39 is 0 Å². The molecule has 0 bridgehead atoms. The molecule has 0 unspecified atom stereocenters. The number of aromatic nitrogens is 2. The lowest BCUT2D eigenvalue weighted by molar-refractivity contribution is -0.118. The third kappa shape index (κ3) is 5.57. The largest absolute Gasteiger partial charge is 0.494 e. The van der Waals surface area contributed by atoms with Gasteiger partial charge in [0.2, 0.25) is 11.8 Å². The van der Waals surface area contributed by atoms with Crippen LogP contribution in [0.3, 0.4) is 0 Å². The molecule has 1 saturated heterocycles. The molecule has 27 heavy (non-hydrogen) atoms. The number of amides is 1. The smallest absolute Gasteiger partial charge is 0.262 e. The lowest BCUT2D eigenvalue weighted by atomic mass is 10.1. The van der Waals surface area contributed by atoms with Gasteiger partial charge in [0.1, 0.15) is 5.75 Å². The Labute approximate surface area is 159 Å². The first-order valence-corrected chi connectivity index (χ1v) is 9.40. The first-order chi connectivity index (χ1) is 13.1. The van der Waals surface area contributed by atoms with Gasteiger partial charge in [0, 0.05) is 30.5 Å². The van der Waals surface area contributed by atoms with E-state index in [0.29, 0.717) is 24.1 Å². The molecule has 1 N–H and O–H groups in total. The first kappa shape index (κ1) is 18.9. The van der Waals surface area contributed by atoms with Gasteiger partial charge in [-0.15, -0.1) is 0 Å². The monoisotopic (exact) mass is 370 g/mol. The van der Waals surface area contributed by atoms with Crippen LogP contribution in [0.15, 0.2) is 30.3 Å². The molecule has 0 atom stereocenters. The second-order valence-electron chi connectivity index (χ2n) is 6.49. The van der Waals surface area contributed by atoms with Crippen LogP contribution in [0.5, 0.6) is 11.6 Å². The van der Waals surface area contributed by atoms with Gasteiger partial charge >= 0.3 is 0 Å². The number of hydrogen-bond donors (Lipinski definition) is 1. The lowest BCUT2D eigenvalue weighted by Crippen LogP contribution is -2.31. The maximum Gasteiger partial charge on any atom is 0.262 e. The predicted octanol–water partition coefficient (Wildman–Crippen LogP) is 3.19. The van der Waals surface area contributed by atoms with Crippen LogP contribution in [-0.4, -0.2) is 42.2 Å². The summed E-state index contributed by atoms with van der Waals surface area (Å²) in [5.41, 5.74) is 1.52. The summed E-state index contributed by atoms with van der Waals surface area (Å²) in [6.45, 7) is 6.25. The van der Waals surface area contributed by atoms with Crippen molar-refractivity contribution in [2.75, 3.05) is 36.5 Å². The van der Waals surface area contributed by atoms with Crippen LogP contribution in [0.4, 0.5) is 11.6 Å². The minimum atomic E-state index is -0.241. The highest BCUT2D eigenvalue weighted by atomic mass is 16.5. The number of ether oxygens (including phenoxy) is 2. The van der Waals surface area contributed by atoms with Gasteiger partial charge < -0.3 is 19.7 Å². The highest BCUT2D eigenvalue weighted by Crippen LogP contribution is 2.20. The number of carbonyl (C=O) groups is 1. The Morgan fingerprint density at radius 1 is 1.11 bits per heavy atom. The zero-order valence-electron chi connectivity index (χ0n) is 15.9. The molecular formula is C20H26N4O3. The molecule has 1 aromatic carbocycles. The third-order valence-electron chi connectivity index (χ3n) is 4.26. The Bertz CT molecular complexity index is 758. The third-order valence-corrected chi connectivity index (χ3v) is 4.26. The highest BCUT2D eigenvalue weighted by Gasteiger charge is 2.15. The van der Waals surface area contributed by atoms with E-state index in [1.807, 2.05) is 26.0 Å². The maximum atomic E-state index is 12.1. The van der Waals surface area contributed by atoms with E-state index in [0.717, 1.165) is 37.4 Å². The fraction of sp³-hybridized carbons (Fsp3) is 0.450. The minimum Gasteiger partial charge on any atom is -0.494 e. The molecule has 1 aliphatic rings. The summed E-state index contributed by atoms with van der Waals surface area (Å²) >= 11 is 0. The van der Waals surface area contributed by atoms with Gasteiger partial charge in [0.15, 0.2) is 6.61 Å². The Morgan fingerprint density at radius 3 is 2.56 bits per heavy atom. The average molecular weight is 370 g/mol. The number of anilines is 2. The molecule has 1 aromatic heterocycles. The van der Waals surface area contributed by atoms with Gasteiger partial charge in [-0.1, -0.05) is 0 Å². The fourth-order valence-corrected chi connectivity index (χ4v) is 2.97. The van der Waals surface area contributed by atoms with Crippen molar-refractivity contribution in [3.63, 3.8) is 0 Å². The standard InChI is InChI=1S/C20H26N4O3/c1-3-26-17-9-7-16(8-10-17)22-18(25)14-27-19-13-15(2)21-20(23-19)24-11-5-4-6-12-24/h7-10,13H,3-6,11-12,14H2,1-2H3,(H,22,25). The van der Waals surface area contributed by atoms with Gasteiger partial charge in [-0.25, -0.2) is 4.98 Å². The zero-order valence-corrected chi connectivity index (χ0v) is 15.9. The summed E-state index contributed by atoms with van der Waals surface area (Å²) < 4.78 is 11.0. The topological polar surface area (TPSA) is 76.6 Å². The Hall–Kier alpha value is -2.83. The van der Waals surface area contributed by atoms with Crippen molar-refractivity contribution in [3.8, 4) is 11.6 Å². The Kier molecular flexibility index (Phi) is 6.46. The number of carbonyl (C=O) groups excluding carboxylic acids is 1. The van der Waals surface area contributed by atoms with Crippen molar-refractivity contribution < 1.29 is 14.3 Å². The maximum absolute atomic E-state index is 12.1. The molecular weight excluding hydrogens is 344 g/mol. The van der Waals surface area contributed by atoms with E-state index in [1.165, 1.54) is 6.42 Å². The zero-order chi connectivity index (χ0) is 19.1. The Morgan fingerprint density at radius 2 is 1.85 bits per heavy atom. The first-order valence-electron chi connectivity index (χ1n) is 9.40. The summed E-state index contributed by atoms with van der Waals surface area (Å²) in [7, 11) is 0.